The van der Waals surface area contributed by atoms with E-state index in [0.29, 0.717) is 0 Å². The van der Waals surface area contributed by atoms with Crippen molar-refractivity contribution in [3.05, 3.63) is 48.0 Å². The Morgan fingerprint density at radius 2 is 1.75 bits per heavy atom. The molecular formula is C16H16. The van der Waals surface area contributed by atoms with E-state index in [0.717, 1.165) is 6.42 Å². The van der Waals surface area contributed by atoms with Crippen LogP contribution in [0.15, 0.2) is 42.5 Å². The molecule has 0 heteroatoms. The lowest BCUT2D eigenvalue weighted by Gasteiger charge is -2.18. The lowest BCUT2D eigenvalue weighted by Crippen LogP contribution is -2.11. The zero-order valence-electron chi connectivity index (χ0n) is 9.83. The summed E-state index contributed by atoms with van der Waals surface area (Å²) < 4.78 is 0. The molecule has 0 nitrogen and oxygen atoms in total. The number of fused-ring (bicyclic) bond motifs is 1. The van der Waals surface area contributed by atoms with Crippen molar-refractivity contribution in [2.24, 2.45) is 5.41 Å². The molecule has 0 aromatic heterocycles. The van der Waals surface area contributed by atoms with Crippen molar-refractivity contribution in [1.82, 2.24) is 0 Å². The van der Waals surface area contributed by atoms with E-state index >= 15 is 0 Å². The lowest BCUT2D eigenvalue weighted by atomic mass is 9.85. The molecule has 0 unspecified atom stereocenters. The Hall–Kier alpha value is -1.74. The first-order valence-electron chi connectivity index (χ1n) is 5.57. The summed E-state index contributed by atoms with van der Waals surface area (Å²) in [4.78, 5) is 0. The molecule has 16 heavy (non-hydrogen) atoms. The quantitative estimate of drug-likeness (QED) is 0.653. The van der Waals surface area contributed by atoms with Gasteiger partial charge in [-0.2, -0.15) is 0 Å². The third-order valence-corrected chi connectivity index (χ3v) is 2.90. The van der Waals surface area contributed by atoms with Crippen LogP contribution >= 0.6 is 0 Å². The van der Waals surface area contributed by atoms with Crippen molar-refractivity contribution in [3.63, 3.8) is 0 Å². The van der Waals surface area contributed by atoms with Gasteiger partial charge in [-0.05, 0) is 36.6 Å². The van der Waals surface area contributed by atoms with Crippen LogP contribution in [-0.2, 0) is 6.42 Å². The first-order chi connectivity index (χ1) is 7.62. The summed E-state index contributed by atoms with van der Waals surface area (Å²) in [6, 6.07) is 14.9. The Labute approximate surface area is 97.3 Å². The van der Waals surface area contributed by atoms with Crippen LogP contribution in [0.25, 0.3) is 10.8 Å². The predicted molar refractivity (Wildman–Crippen MR) is 70.3 cm³/mol. The van der Waals surface area contributed by atoms with Crippen molar-refractivity contribution in [1.29, 1.82) is 0 Å². The highest BCUT2D eigenvalue weighted by atomic mass is 14.2. The number of hydrogen-bond acceptors (Lipinski definition) is 0. The van der Waals surface area contributed by atoms with Crippen molar-refractivity contribution in [2.45, 2.75) is 20.3 Å². The van der Waals surface area contributed by atoms with Gasteiger partial charge < -0.3 is 0 Å². The summed E-state index contributed by atoms with van der Waals surface area (Å²) >= 11 is 0. The highest BCUT2D eigenvalue weighted by Gasteiger charge is 2.15. The second-order valence-electron chi connectivity index (χ2n) is 4.84. The molecule has 0 N–H and O–H groups in total. The van der Waals surface area contributed by atoms with Crippen molar-refractivity contribution < 1.29 is 0 Å². The molecule has 2 rings (SSSR count). The number of rotatable bonds is 2. The molecule has 0 atom stereocenters. The lowest BCUT2D eigenvalue weighted by molar-refractivity contribution is 0.503. The van der Waals surface area contributed by atoms with E-state index < -0.39 is 0 Å². The van der Waals surface area contributed by atoms with Gasteiger partial charge in [0.15, 0.2) is 0 Å². The third kappa shape index (κ3) is 2.09. The molecule has 0 aliphatic heterocycles. The Bertz CT molecular complexity index is 536. The van der Waals surface area contributed by atoms with Crippen molar-refractivity contribution in [3.8, 4) is 12.3 Å². The monoisotopic (exact) mass is 208 g/mol. The maximum absolute atomic E-state index is 5.55. The van der Waals surface area contributed by atoms with Gasteiger partial charge in [-0.25, -0.2) is 0 Å². The smallest absolute Gasteiger partial charge is 0.0296 e. The largest absolute Gasteiger partial charge is 0.120 e. The fraction of sp³-hybridized carbons (Fsp3) is 0.250. The van der Waals surface area contributed by atoms with E-state index in [9.17, 15) is 0 Å². The fourth-order valence-electron chi connectivity index (χ4n) is 1.97. The molecule has 0 spiro atoms. The third-order valence-electron chi connectivity index (χ3n) is 2.90. The van der Waals surface area contributed by atoms with Crippen LogP contribution in [-0.4, -0.2) is 0 Å². The molecular weight excluding hydrogens is 192 g/mol. The van der Waals surface area contributed by atoms with Crippen LogP contribution < -0.4 is 0 Å². The number of hydrogen-bond donors (Lipinski definition) is 0. The van der Waals surface area contributed by atoms with Gasteiger partial charge in [0.05, 0.1) is 0 Å². The van der Waals surface area contributed by atoms with E-state index in [1.54, 1.807) is 0 Å². The number of benzene rings is 2. The van der Waals surface area contributed by atoms with Crippen molar-refractivity contribution >= 4 is 10.8 Å². The molecule has 80 valence electrons. The zero-order valence-corrected chi connectivity index (χ0v) is 9.83. The topological polar surface area (TPSA) is 0 Å². The first-order valence-corrected chi connectivity index (χ1v) is 5.57. The summed E-state index contributed by atoms with van der Waals surface area (Å²) in [6.45, 7) is 4.21. The zero-order chi connectivity index (χ0) is 11.6. The molecule has 2 aromatic carbocycles. The van der Waals surface area contributed by atoms with E-state index in [-0.39, 0.29) is 5.41 Å². The van der Waals surface area contributed by atoms with Gasteiger partial charge >= 0.3 is 0 Å². The number of terminal acetylenes is 1. The van der Waals surface area contributed by atoms with Gasteiger partial charge in [0.2, 0.25) is 0 Å². The molecule has 0 aliphatic rings. The SMILES string of the molecule is C#CC(C)(C)Cc1cccc2ccccc12. The average Bonchev–Trinajstić information content (AvgIpc) is 2.29. The van der Waals surface area contributed by atoms with E-state index in [2.05, 4.69) is 62.2 Å². The Morgan fingerprint density at radius 3 is 2.50 bits per heavy atom. The molecule has 0 fully saturated rings. The van der Waals surface area contributed by atoms with Gasteiger partial charge in [-0.15, -0.1) is 12.3 Å². The summed E-state index contributed by atoms with van der Waals surface area (Å²) in [5.41, 5.74) is 1.26. The van der Waals surface area contributed by atoms with Gasteiger partial charge in [0.1, 0.15) is 0 Å². The minimum absolute atomic E-state index is 0.0792. The molecule has 0 amide bonds. The summed E-state index contributed by atoms with van der Waals surface area (Å²) in [5, 5.41) is 2.60. The van der Waals surface area contributed by atoms with Crippen LogP contribution in [0.1, 0.15) is 19.4 Å². The molecule has 0 aliphatic carbocycles. The van der Waals surface area contributed by atoms with Crippen LogP contribution in [0.4, 0.5) is 0 Å². The normalized spacial score (nSPS) is 11.3. The minimum Gasteiger partial charge on any atom is -0.120 e. The second kappa shape index (κ2) is 4.02. The second-order valence-corrected chi connectivity index (χ2v) is 4.84. The molecule has 0 saturated carbocycles. The maximum Gasteiger partial charge on any atom is 0.0296 e. The minimum atomic E-state index is -0.0792. The standard InChI is InChI=1S/C16H16/c1-4-16(2,3)12-14-10-7-9-13-8-5-6-11-15(13)14/h1,5-11H,12H2,2-3H3. The van der Waals surface area contributed by atoms with Crippen molar-refractivity contribution in [2.75, 3.05) is 0 Å². The highest BCUT2D eigenvalue weighted by Crippen LogP contribution is 2.26. The molecule has 0 radical (unpaired) electrons. The summed E-state index contributed by atoms with van der Waals surface area (Å²) in [7, 11) is 0. The predicted octanol–water partition coefficient (Wildman–Crippen LogP) is 4.04. The first kappa shape index (κ1) is 10.8. The Kier molecular flexibility index (Phi) is 2.71. The average molecular weight is 208 g/mol. The summed E-state index contributed by atoms with van der Waals surface area (Å²) in [5.74, 6) is 2.85. The van der Waals surface area contributed by atoms with E-state index in [1.165, 1.54) is 16.3 Å². The summed E-state index contributed by atoms with van der Waals surface area (Å²) in [6.07, 6.45) is 6.47. The van der Waals surface area contributed by atoms with Gasteiger partial charge in [0.25, 0.3) is 0 Å². The Balaban J connectivity index is 2.50. The maximum atomic E-state index is 5.55. The molecule has 0 bridgehead atoms. The van der Waals surface area contributed by atoms with Gasteiger partial charge in [-0.3, -0.25) is 0 Å². The molecule has 0 saturated heterocycles. The molecule has 0 heterocycles. The molecule has 2 aromatic rings. The van der Waals surface area contributed by atoms with Crippen LogP contribution in [0.3, 0.4) is 0 Å². The highest BCUT2D eigenvalue weighted by molar-refractivity contribution is 5.85. The Morgan fingerprint density at radius 1 is 1.06 bits per heavy atom. The fourth-order valence-corrected chi connectivity index (χ4v) is 1.97. The van der Waals surface area contributed by atoms with Crippen LogP contribution in [0.2, 0.25) is 0 Å². The van der Waals surface area contributed by atoms with E-state index in [4.69, 9.17) is 6.42 Å². The van der Waals surface area contributed by atoms with Gasteiger partial charge in [-0.1, -0.05) is 42.5 Å². The van der Waals surface area contributed by atoms with Crippen LogP contribution in [0.5, 0.6) is 0 Å². The van der Waals surface area contributed by atoms with Gasteiger partial charge in [0, 0.05) is 5.41 Å². The van der Waals surface area contributed by atoms with Crippen LogP contribution in [0, 0.1) is 17.8 Å². The van der Waals surface area contributed by atoms with E-state index in [1.807, 2.05) is 0 Å².